The zero-order valence-electron chi connectivity index (χ0n) is 13.6. The summed E-state index contributed by atoms with van der Waals surface area (Å²) >= 11 is 11.8. The lowest BCUT2D eigenvalue weighted by molar-refractivity contribution is 0.102. The van der Waals surface area contributed by atoms with Crippen LogP contribution < -0.4 is 10.1 Å². The molecular formula is C18H19Cl2NO3. The Hall–Kier alpha value is -1.75. The van der Waals surface area contributed by atoms with Crippen LogP contribution in [0, 0.1) is 0 Å². The highest BCUT2D eigenvalue weighted by Crippen LogP contribution is 2.26. The maximum atomic E-state index is 12.4. The van der Waals surface area contributed by atoms with Crippen molar-refractivity contribution in [1.29, 1.82) is 0 Å². The second-order valence-electron chi connectivity index (χ2n) is 4.98. The molecule has 0 aliphatic heterocycles. The summed E-state index contributed by atoms with van der Waals surface area (Å²) in [6, 6.07) is 10.2. The first kappa shape index (κ1) is 18.6. The van der Waals surface area contributed by atoms with E-state index in [-0.39, 0.29) is 5.91 Å². The summed E-state index contributed by atoms with van der Waals surface area (Å²) in [5, 5.41) is 3.62. The minimum atomic E-state index is -0.241. The van der Waals surface area contributed by atoms with E-state index < -0.39 is 0 Å². The summed E-state index contributed by atoms with van der Waals surface area (Å²) in [6.07, 6.45) is 0. The van der Waals surface area contributed by atoms with Crippen LogP contribution in [-0.2, 0) is 11.3 Å². The van der Waals surface area contributed by atoms with E-state index in [9.17, 15) is 4.79 Å². The molecule has 6 heteroatoms. The average molecular weight is 368 g/mol. The maximum Gasteiger partial charge on any atom is 0.255 e. The highest BCUT2D eigenvalue weighted by Gasteiger charge is 2.12. The number of rotatable bonds is 7. The van der Waals surface area contributed by atoms with Crippen LogP contribution in [0.15, 0.2) is 36.4 Å². The van der Waals surface area contributed by atoms with Crippen molar-refractivity contribution in [1.82, 2.24) is 0 Å². The molecule has 24 heavy (non-hydrogen) atoms. The van der Waals surface area contributed by atoms with Gasteiger partial charge in [0.15, 0.2) is 0 Å². The molecular weight excluding hydrogens is 349 g/mol. The molecule has 2 aromatic carbocycles. The Morgan fingerprint density at radius 1 is 1.04 bits per heavy atom. The van der Waals surface area contributed by atoms with Crippen molar-refractivity contribution in [2.45, 2.75) is 20.5 Å². The smallest absolute Gasteiger partial charge is 0.255 e. The molecule has 2 rings (SSSR count). The van der Waals surface area contributed by atoms with Crippen LogP contribution in [0.2, 0.25) is 10.0 Å². The van der Waals surface area contributed by atoms with Gasteiger partial charge < -0.3 is 14.8 Å². The highest BCUT2D eigenvalue weighted by molar-refractivity contribution is 6.42. The van der Waals surface area contributed by atoms with Crippen molar-refractivity contribution < 1.29 is 14.3 Å². The molecule has 0 heterocycles. The Morgan fingerprint density at radius 2 is 1.83 bits per heavy atom. The number of anilines is 1. The molecule has 2 aromatic rings. The topological polar surface area (TPSA) is 47.6 Å². The number of hydrogen-bond acceptors (Lipinski definition) is 3. The van der Waals surface area contributed by atoms with Gasteiger partial charge in [0.05, 0.1) is 23.3 Å². The lowest BCUT2D eigenvalue weighted by atomic mass is 10.1. The van der Waals surface area contributed by atoms with Gasteiger partial charge >= 0.3 is 0 Å². The number of benzene rings is 2. The minimum absolute atomic E-state index is 0.241. The molecule has 1 amide bonds. The van der Waals surface area contributed by atoms with Gasteiger partial charge in [0.2, 0.25) is 0 Å². The lowest BCUT2D eigenvalue weighted by Crippen LogP contribution is -2.13. The van der Waals surface area contributed by atoms with Crippen LogP contribution >= 0.6 is 23.2 Å². The Kier molecular flexibility index (Phi) is 6.91. The zero-order chi connectivity index (χ0) is 17.5. The fourth-order valence-corrected chi connectivity index (χ4v) is 2.42. The van der Waals surface area contributed by atoms with Crippen LogP contribution in [-0.4, -0.2) is 19.1 Å². The van der Waals surface area contributed by atoms with E-state index in [2.05, 4.69) is 5.32 Å². The van der Waals surface area contributed by atoms with Crippen LogP contribution in [0.5, 0.6) is 5.75 Å². The number of amides is 1. The number of ether oxygens (including phenoxy) is 2. The summed E-state index contributed by atoms with van der Waals surface area (Å²) in [6.45, 7) is 5.36. The molecule has 0 unspecified atom stereocenters. The van der Waals surface area contributed by atoms with Crippen LogP contribution in [0.4, 0.5) is 5.69 Å². The molecule has 0 spiro atoms. The van der Waals surface area contributed by atoms with E-state index in [1.165, 1.54) is 0 Å². The molecule has 128 valence electrons. The minimum Gasteiger partial charge on any atom is -0.494 e. The van der Waals surface area contributed by atoms with Gasteiger partial charge in [-0.25, -0.2) is 0 Å². The first-order valence-electron chi connectivity index (χ1n) is 7.65. The van der Waals surface area contributed by atoms with Crippen molar-refractivity contribution in [3.05, 3.63) is 57.6 Å². The third-order valence-electron chi connectivity index (χ3n) is 3.26. The molecule has 0 aliphatic rings. The fraction of sp³-hybridized carbons (Fsp3) is 0.278. The van der Waals surface area contributed by atoms with E-state index in [0.29, 0.717) is 41.1 Å². The molecule has 0 bridgehead atoms. The molecule has 0 saturated carbocycles. The van der Waals surface area contributed by atoms with E-state index in [1.807, 2.05) is 13.8 Å². The second-order valence-corrected chi connectivity index (χ2v) is 5.79. The Balaban J connectivity index is 2.20. The lowest BCUT2D eigenvalue weighted by Gasteiger charge is -2.12. The normalized spacial score (nSPS) is 10.5. The quantitative estimate of drug-likeness (QED) is 0.733. The second kappa shape index (κ2) is 8.92. The van der Waals surface area contributed by atoms with Gasteiger partial charge in [-0.2, -0.15) is 0 Å². The molecule has 1 N–H and O–H groups in total. The molecule has 0 atom stereocenters. The van der Waals surface area contributed by atoms with Crippen molar-refractivity contribution in [3.8, 4) is 5.75 Å². The number of nitrogens with one attached hydrogen (secondary N) is 1. The summed E-state index contributed by atoms with van der Waals surface area (Å²) in [7, 11) is 0. The molecule has 4 nitrogen and oxygen atoms in total. The van der Waals surface area contributed by atoms with Crippen LogP contribution in [0.3, 0.4) is 0 Å². The van der Waals surface area contributed by atoms with Gasteiger partial charge in [0.1, 0.15) is 5.75 Å². The number of carbonyl (C=O) groups is 1. The third-order valence-corrected chi connectivity index (χ3v) is 4.00. The Morgan fingerprint density at radius 3 is 2.50 bits per heavy atom. The van der Waals surface area contributed by atoms with Gasteiger partial charge in [-0.15, -0.1) is 0 Å². The molecule has 0 saturated heterocycles. The first-order chi connectivity index (χ1) is 11.5. The van der Waals surface area contributed by atoms with E-state index in [1.54, 1.807) is 36.4 Å². The summed E-state index contributed by atoms with van der Waals surface area (Å²) in [5.74, 6) is 0.478. The number of carbonyl (C=O) groups excluding carboxylic acids is 1. The van der Waals surface area contributed by atoms with Gasteiger partial charge in [-0.1, -0.05) is 23.2 Å². The fourth-order valence-electron chi connectivity index (χ4n) is 2.12. The van der Waals surface area contributed by atoms with Crippen molar-refractivity contribution in [3.63, 3.8) is 0 Å². The summed E-state index contributed by atoms with van der Waals surface area (Å²) in [5.41, 5.74) is 1.93. The molecule has 0 aliphatic carbocycles. The average Bonchev–Trinajstić information content (AvgIpc) is 2.57. The SMILES string of the molecule is CCOCc1cc(C(=O)Nc2ccc(Cl)c(Cl)c2)ccc1OCC. The van der Waals surface area contributed by atoms with Gasteiger partial charge in [0, 0.05) is 23.4 Å². The predicted molar refractivity (Wildman–Crippen MR) is 97.4 cm³/mol. The van der Waals surface area contributed by atoms with Gasteiger partial charge in [-0.05, 0) is 50.2 Å². The zero-order valence-corrected chi connectivity index (χ0v) is 15.1. The largest absolute Gasteiger partial charge is 0.494 e. The summed E-state index contributed by atoms with van der Waals surface area (Å²) in [4.78, 5) is 12.4. The maximum absolute atomic E-state index is 12.4. The molecule has 0 radical (unpaired) electrons. The van der Waals surface area contributed by atoms with Gasteiger partial charge in [0.25, 0.3) is 5.91 Å². The van der Waals surface area contributed by atoms with Gasteiger partial charge in [-0.3, -0.25) is 4.79 Å². The van der Waals surface area contributed by atoms with E-state index >= 15 is 0 Å². The summed E-state index contributed by atoms with van der Waals surface area (Å²) < 4.78 is 11.0. The monoisotopic (exact) mass is 367 g/mol. The highest BCUT2D eigenvalue weighted by atomic mass is 35.5. The Bertz CT molecular complexity index is 719. The molecule has 0 aromatic heterocycles. The standard InChI is InChI=1S/C18H19Cl2NO3/c1-3-23-11-13-9-12(5-8-17(13)24-4-2)18(22)21-14-6-7-15(19)16(20)10-14/h5-10H,3-4,11H2,1-2H3,(H,21,22). The number of hydrogen-bond donors (Lipinski definition) is 1. The molecule has 0 fully saturated rings. The Labute approximate surface area is 151 Å². The van der Waals surface area contributed by atoms with Crippen LogP contribution in [0.1, 0.15) is 29.8 Å². The van der Waals surface area contributed by atoms with Crippen molar-refractivity contribution >= 4 is 34.8 Å². The van der Waals surface area contributed by atoms with Crippen LogP contribution in [0.25, 0.3) is 0 Å². The van der Waals surface area contributed by atoms with E-state index in [0.717, 1.165) is 11.3 Å². The first-order valence-corrected chi connectivity index (χ1v) is 8.40. The van der Waals surface area contributed by atoms with Crippen molar-refractivity contribution in [2.75, 3.05) is 18.5 Å². The number of halogens is 2. The predicted octanol–water partition coefficient (Wildman–Crippen LogP) is 5.18. The third kappa shape index (κ3) is 4.87. The van der Waals surface area contributed by atoms with Crippen molar-refractivity contribution in [2.24, 2.45) is 0 Å². The van der Waals surface area contributed by atoms with E-state index in [4.69, 9.17) is 32.7 Å².